The molecule has 104 valence electrons. The first-order valence-corrected chi connectivity index (χ1v) is 8.75. The summed E-state index contributed by atoms with van der Waals surface area (Å²) in [6, 6.07) is 11.6. The van der Waals surface area contributed by atoms with Gasteiger partial charge in [0.25, 0.3) is 0 Å². The van der Waals surface area contributed by atoms with Crippen molar-refractivity contribution >= 4 is 21.6 Å². The van der Waals surface area contributed by atoms with E-state index >= 15 is 0 Å². The van der Waals surface area contributed by atoms with E-state index in [9.17, 15) is 8.42 Å². The van der Waals surface area contributed by atoms with Crippen LogP contribution in [0.5, 0.6) is 0 Å². The second-order valence-corrected chi connectivity index (χ2v) is 7.30. The minimum absolute atomic E-state index is 0.0737. The van der Waals surface area contributed by atoms with Crippen LogP contribution in [0.25, 0.3) is 0 Å². The average molecular weight is 307 g/mol. The quantitative estimate of drug-likeness (QED) is 0.767. The minimum Gasteiger partial charge on any atom is -0.468 e. The van der Waals surface area contributed by atoms with Gasteiger partial charge < -0.3 is 4.42 Å². The summed E-state index contributed by atoms with van der Waals surface area (Å²) < 4.78 is 29.3. The lowest BCUT2D eigenvalue weighted by Crippen LogP contribution is -2.09. The Morgan fingerprint density at radius 1 is 1.20 bits per heavy atom. The van der Waals surface area contributed by atoms with E-state index in [-0.39, 0.29) is 10.6 Å². The van der Waals surface area contributed by atoms with Gasteiger partial charge in [0.2, 0.25) is 0 Å². The van der Waals surface area contributed by atoms with Gasteiger partial charge in [0, 0.05) is 5.75 Å². The normalized spacial score (nSPS) is 11.2. The molecule has 0 fully saturated rings. The molecule has 4 nitrogen and oxygen atoms in total. The topological polar surface area (TPSA) is 71.1 Å². The smallest absolute Gasteiger partial charge is 0.179 e. The minimum atomic E-state index is -3.29. The van der Waals surface area contributed by atoms with Gasteiger partial charge in [0.15, 0.2) is 9.84 Å². The van der Waals surface area contributed by atoms with E-state index in [1.165, 1.54) is 36.0 Å². The van der Waals surface area contributed by atoms with Gasteiger partial charge in [-0.05, 0) is 36.4 Å². The van der Waals surface area contributed by atoms with E-state index in [1.54, 1.807) is 6.26 Å². The van der Waals surface area contributed by atoms with Crippen molar-refractivity contribution in [2.24, 2.45) is 0 Å². The van der Waals surface area contributed by atoms with Crippen LogP contribution in [-0.4, -0.2) is 19.9 Å². The Bertz CT molecular complexity index is 683. The molecule has 0 N–H and O–H groups in total. The zero-order valence-corrected chi connectivity index (χ0v) is 12.3. The molecule has 1 heterocycles. The Morgan fingerprint density at radius 2 is 1.95 bits per heavy atom. The van der Waals surface area contributed by atoms with Crippen LogP contribution < -0.4 is 0 Å². The number of nitrogens with zero attached hydrogens (tertiary/aromatic N) is 1. The predicted molar refractivity (Wildman–Crippen MR) is 78.1 cm³/mol. The van der Waals surface area contributed by atoms with Crippen molar-refractivity contribution in [2.75, 3.05) is 11.5 Å². The van der Waals surface area contributed by atoms with Gasteiger partial charge in [-0.15, -0.1) is 0 Å². The molecule has 6 heteroatoms. The van der Waals surface area contributed by atoms with Gasteiger partial charge in [-0.3, -0.25) is 0 Å². The summed E-state index contributed by atoms with van der Waals surface area (Å²) >= 11 is 1.51. The molecule has 1 aromatic heterocycles. The SMILES string of the molecule is N#Cc1ccc(S(=O)(=O)CCSCc2ccco2)cc1. The number of hydrogen-bond donors (Lipinski definition) is 0. The van der Waals surface area contributed by atoms with E-state index < -0.39 is 9.84 Å². The highest BCUT2D eigenvalue weighted by Gasteiger charge is 2.14. The maximum absolute atomic E-state index is 12.1. The lowest BCUT2D eigenvalue weighted by Gasteiger charge is -2.04. The second-order valence-electron chi connectivity index (χ2n) is 4.09. The molecule has 0 saturated carbocycles. The number of rotatable bonds is 6. The maximum atomic E-state index is 12.1. The van der Waals surface area contributed by atoms with Crippen molar-refractivity contribution in [1.82, 2.24) is 0 Å². The lowest BCUT2D eigenvalue weighted by molar-refractivity contribution is 0.530. The van der Waals surface area contributed by atoms with E-state index in [0.29, 0.717) is 17.1 Å². The Balaban J connectivity index is 1.88. The molecule has 0 amide bonds. The van der Waals surface area contributed by atoms with E-state index in [4.69, 9.17) is 9.68 Å². The van der Waals surface area contributed by atoms with Crippen LogP contribution in [0, 0.1) is 11.3 Å². The maximum Gasteiger partial charge on any atom is 0.179 e. The first-order chi connectivity index (χ1) is 9.62. The first-order valence-electron chi connectivity index (χ1n) is 5.95. The molecule has 2 rings (SSSR count). The van der Waals surface area contributed by atoms with Crippen LogP contribution in [0.4, 0.5) is 0 Å². The van der Waals surface area contributed by atoms with Crippen LogP contribution in [0.15, 0.2) is 52.0 Å². The number of furan rings is 1. The lowest BCUT2D eigenvalue weighted by atomic mass is 10.2. The molecule has 0 unspecified atom stereocenters. The number of benzene rings is 1. The van der Waals surface area contributed by atoms with Crippen LogP contribution in [0.1, 0.15) is 11.3 Å². The molecular weight excluding hydrogens is 294 g/mol. The Labute approximate surface area is 122 Å². The van der Waals surface area contributed by atoms with Gasteiger partial charge in [0.1, 0.15) is 5.76 Å². The predicted octanol–water partition coefficient (Wildman–Crippen LogP) is 2.86. The Kier molecular flexibility index (Phi) is 4.88. The number of hydrogen-bond acceptors (Lipinski definition) is 5. The molecule has 0 aliphatic carbocycles. The van der Waals surface area contributed by atoms with Crippen molar-refractivity contribution in [3.63, 3.8) is 0 Å². The Hall–Kier alpha value is -1.71. The van der Waals surface area contributed by atoms with E-state index in [0.717, 1.165) is 5.76 Å². The highest BCUT2D eigenvalue weighted by Crippen LogP contribution is 2.16. The third-order valence-corrected chi connectivity index (χ3v) is 5.64. The molecule has 1 aromatic carbocycles. The van der Waals surface area contributed by atoms with Crippen LogP contribution in [0.2, 0.25) is 0 Å². The molecular formula is C14H13NO3S2. The van der Waals surface area contributed by atoms with Crippen molar-refractivity contribution in [1.29, 1.82) is 5.26 Å². The zero-order chi connectivity index (χ0) is 14.4. The number of nitriles is 1. The monoisotopic (exact) mass is 307 g/mol. The third kappa shape index (κ3) is 3.89. The molecule has 20 heavy (non-hydrogen) atoms. The molecule has 2 aromatic rings. The summed E-state index contributed by atoms with van der Waals surface area (Å²) in [6.45, 7) is 0. The number of thioether (sulfide) groups is 1. The van der Waals surface area contributed by atoms with Gasteiger partial charge in [0.05, 0.1) is 34.3 Å². The van der Waals surface area contributed by atoms with E-state index in [2.05, 4.69) is 0 Å². The standard InChI is InChI=1S/C14H13NO3S2/c15-10-12-3-5-14(6-4-12)20(16,17)9-8-19-11-13-2-1-7-18-13/h1-7H,8-9,11H2. The summed E-state index contributed by atoms with van der Waals surface area (Å²) in [5.74, 6) is 2.08. The van der Waals surface area contributed by atoms with E-state index in [1.807, 2.05) is 18.2 Å². The molecule has 0 bridgehead atoms. The molecule has 0 spiro atoms. The summed E-state index contributed by atoms with van der Waals surface area (Å²) in [6.07, 6.45) is 1.60. The van der Waals surface area contributed by atoms with Crippen molar-refractivity contribution in [2.45, 2.75) is 10.6 Å². The molecule has 0 atom stereocenters. The molecule has 0 saturated heterocycles. The largest absolute Gasteiger partial charge is 0.468 e. The summed E-state index contributed by atoms with van der Waals surface area (Å²) in [5, 5.41) is 8.68. The zero-order valence-electron chi connectivity index (χ0n) is 10.7. The van der Waals surface area contributed by atoms with Crippen molar-refractivity contribution in [3.8, 4) is 6.07 Å². The Morgan fingerprint density at radius 3 is 2.55 bits per heavy atom. The highest BCUT2D eigenvalue weighted by molar-refractivity contribution is 8.00. The van der Waals surface area contributed by atoms with Crippen molar-refractivity contribution < 1.29 is 12.8 Å². The fourth-order valence-corrected chi connectivity index (χ4v) is 4.24. The first kappa shape index (κ1) is 14.7. The van der Waals surface area contributed by atoms with Gasteiger partial charge >= 0.3 is 0 Å². The fraction of sp³-hybridized carbons (Fsp3) is 0.214. The molecule has 0 radical (unpaired) electrons. The van der Waals surface area contributed by atoms with Crippen LogP contribution >= 0.6 is 11.8 Å². The van der Waals surface area contributed by atoms with Crippen molar-refractivity contribution in [3.05, 3.63) is 54.0 Å². The summed E-state index contributed by atoms with van der Waals surface area (Å²) in [4.78, 5) is 0.259. The summed E-state index contributed by atoms with van der Waals surface area (Å²) in [7, 11) is -3.29. The van der Waals surface area contributed by atoms with Crippen LogP contribution in [-0.2, 0) is 15.6 Å². The average Bonchev–Trinajstić information content (AvgIpc) is 2.97. The second kappa shape index (κ2) is 6.64. The van der Waals surface area contributed by atoms with Gasteiger partial charge in [-0.1, -0.05) is 0 Å². The summed E-state index contributed by atoms with van der Waals surface area (Å²) in [5.41, 5.74) is 0.455. The number of sulfone groups is 1. The third-order valence-electron chi connectivity index (χ3n) is 2.66. The van der Waals surface area contributed by atoms with Crippen LogP contribution in [0.3, 0.4) is 0 Å². The highest BCUT2D eigenvalue weighted by atomic mass is 32.2. The fourth-order valence-electron chi connectivity index (χ4n) is 1.59. The van der Waals surface area contributed by atoms with Gasteiger partial charge in [-0.2, -0.15) is 17.0 Å². The molecule has 0 aliphatic heterocycles. The van der Waals surface area contributed by atoms with Gasteiger partial charge in [-0.25, -0.2) is 8.42 Å². The molecule has 0 aliphatic rings.